The summed E-state index contributed by atoms with van der Waals surface area (Å²) in [6.07, 6.45) is -1.93. The molecule has 0 aromatic heterocycles. The third-order valence-electron chi connectivity index (χ3n) is 5.02. The van der Waals surface area contributed by atoms with Gasteiger partial charge in [0, 0.05) is 27.1 Å². The van der Waals surface area contributed by atoms with Gasteiger partial charge in [-0.1, -0.05) is 30.3 Å². The van der Waals surface area contributed by atoms with E-state index in [1.54, 1.807) is 30.3 Å². The highest BCUT2D eigenvalue weighted by molar-refractivity contribution is 6.05. The molecule has 1 aliphatic rings. The molecule has 1 N–H and O–H groups in total. The van der Waals surface area contributed by atoms with Crippen LogP contribution in [0.2, 0.25) is 0 Å². The minimum absolute atomic E-state index is 0.0818. The number of rotatable bonds is 14. The Morgan fingerprint density at radius 2 is 1.86 bits per heavy atom. The Balaban J connectivity index is 2.16. The highest BCUT2D eigenvalue weighted by Gasteiger charge is 2.46. The van der Waals surface area contributed by atoms with Crippen LogP contribution < -0.4 is 0 Å². The lowest BCUT2D eigenvalue weighted by Crippen LogP contribution is -2.51. The molecule has 11 nitrogen and oxygen atoms in total. The summed E-state index contributed by atoms with van der Waals surface area (Å²) >= 11 is 0. The summed E-state index contributed by atoms with van der Waals surface area (Å²) in [5.41, 5.74) is 0.630. The number of cyclic esters (lactones) is 1. The molecule has 1 heterocycles. The first-order valence-electron chi connectivity index (χ1n) is 11.0. The van der Waals surface area contributed by atoms with Crippen LogP contribution in [0.3, 0.4) is 0 Å². The molecule has 2 rings (SSSR count). The van der Waals surface area contributed by atoms with Crippen molar-refractivity contribution in [2.24, 2.45) is 0 Å². The molecule has 0 bridgehead atoms. The van der Waals surface area contributed by atoms with Gasteiger partial charge in [-0.3, -0.25) is 19.2 Å². The number of methoxy groups -OCH3 is 1. The van der Waals surface area contributed by atoms with Gasteiger partial charge in [-0.15, -0.1) is 0 Å². The van der Waals surface area contributed by atoms with Crippen molar-refractivity contribution in [1.29, 1.82) is 0 Å². The van der Waals surface area contributed by atoms with E-state index in [0.717, 1.165) is 31.1 Å². The van der Waals surface area contributed by atoms with Crippen LogP contribution in [0.4, 0.5) is 4.79 Å². The van der Waals surface area contributed by atoms with Crippen LogP contribution in [-0.4, -0.2) is 85.3 Å². The fourth-order valence-corrected chi connectivity index (χ4v) is 3.39. The lowest BCUT2D eigenvalue weighted by Gasteiger charge is -2.27. The Morgan fingerprint density at radius 1 is 1.14 bits per heavy atom. The SMILES string of the molecule is CO[C@@H](C(=O)N1C(=O)OC[C@H]1c1ccccc1)[C@@H](OC(C)=O)C(=O)C=CC(=O)CCCOCCO. The van der Waals surface area contributed by atoms with Gasteiger partial charge in [0.15, 0.2) is 23.8 Å². The van der Waals surface area contributed by atoms with E-state index in [9.17, 15) is 24.0 Å². The molecule has 0 aliphatic carbocycles. The van der Waals surface area contributed by atoms with Crippen molar-refractivity contribution < 1.29 is 48.0 Å². The number of ketones is 2. The number of carbonyl (C=O) groups is 5. The standard InChI is InChI=1S/C24H29NO10/c1-16(27)35-21(20(29)11-10-18(28)9-6-13-33-14-12-26)22(32-2)23(30)25-19(15-34-24(25)31)17-7-4-3-5-8-17/h3-5,7-8,10-11,19,21-22,26H,6,9,12-15H2,1-2H3/t19-,21-,22+/m0/s1. The molecule has 3 atom stereocenters. The number of hydrogen-bond donors (Lipinski definition) is 1. The molecular weight excluding hydrogens is 462 g/mol. The van der Waals surface area contributed by atoms with E-state index in [2.05, 4.69) is 0 Å². The van der Waals surface area contributed by atoms with Gasteiger partial charge in [-0.2, -0.15) is 0 Å². The lowest BCUT2D eigenvalue weighted by atomic mass is 10.0. The highest BCUT2D eigenvalue weighted by atomic mass is 16.6. The number of esters is 1. The maximum absolute atomic E-state index is 13.3. The van der Waals surface area contributed by atoms with Gasteiger partial charge in [0.25, 0.3) is 5.91 Å². The molecule has 1 fully saturated rings. The fourth-order valence-electron chi connectivity index (χ4n) is 3.39. The van der Waals surface area contributed by atoms with Gasteiger partial charge in [0.2, 0.25) is 0 Å². The van der Waals surface area contributed by atoms with Crippen LogP contribution in [0.1, 0.15) is 31.4 Å². The molecule has 0 saturated carbocycles. The Labute approximate surface area is 202 Å². The first-order valence-corrected chi connectivity index (χ1v) is 11.0. The first-order chi connectivity index (χ1) is 16.8. The van der Waals surface area contributed by atoms with E-state index in [0.29, 0.717) is 12.0 Å². The van der Waals surface area contributed by atoms with Gasteiger partial charge in [-0.25, -0.2) is 9.69 Å². The molecule has 0 unspecified atom stereocenters. The van der Waals surface area contributed by atoms with Crippen molar-refractivity contribution in [2.75, 3.05) is 33.5 Å². The monoisotopic (exact) mass is 491 g/mol. The zero-order valence-corrected chi connectivity index (χ0v) is 19.6. The lowest BCUT2D eigenvalue weighted by molar-refractivity contribution is -0.166. The molecule has 1 aromatic rings. The molecule has 35 heavy (non-hydrogen) atoms. The minimum atomic E-state index is -1.73. The van der Waals surface area contributed by atoms with Crippen LogP contribution in [-0.2, 0) is 38.1 Å². The van der Waals surface area contributed by atoms with E-state index in [1.165, 1.54) is 0 Å². The number of hydrogen-bond acceptors (Lipinski definition) is 10. The van der Waals surface area contributed by atoms with Gasteiger partial charge in [0.05, 0.1) is 13.2 Å². The van der Waals surface area contributed by atoms with Crippen molar-refractivity contribution >= 4 is 29.5 Å². The van der Waals surface area contributed by atoms with Crippen LogP contribution in [0.25, 0.3) is 0 Å². The zero-order chi connectivity index (χ0) is 25.8. The topological polar surface area (TPSA) is 146 Å². The van der Waals surface area contributed by atoms with E-state index >= 15 is 0 Å². The maximum atomic E-state index is 13.3. The third-order valence-corrected chi connectivity index (χ3v) is 5.02. The van der Waals surface area contributed by atoms with Crippen molar-refractivity contribution in [3.63, 3.8) is 0 Å². The largest absolute Gasteiger partial charge is 0.451 e. The quantitative estimate of drug-likeness (QED) is 0.228. The number of imide groups is 1. The summed E-state index contributed by atoms with van der Waals surface area (Å²) in [6, 6.07) is 7.92. The Morgan fingerprint density at radius 3 is 2.49 bits per heavy atom. The summed E-state index contributed by atoms with van der Waals surface area (Å²) in [7, 11) is 1.13. The summed E-state index contributed by atoms with van der Waals surface area (Å²) in [5.74, 6) is -3.04. The Kier molecular flexibility index (Phi) is 11.2. The number of amides is 2. The second-order valence-electron chi connectivity index (χ2n) is 7.54. The van der Waals surface area contributed by atoms with Gasteiger partial charge in [0.1, 0.15) is 12.6 Å². The molecular formula is C24H29NO10. The smallest absolute Gasteiger partial charge is 0.417 e. The fraction of sp³-hybridized carbons (Fsp3) is 0.458. The zero-order valence-electron chi connectivity index (χ0n) is 19.6. The number of nitrogens with zero attached hydrogens (tertiary/aromatic N) is 1. The summed E-state index contributed by atoms with van der Waals surface area (Å²) in [6.45, 7) is 1.26. The summed E-state index contributed by atoms with van der Waals surface area (Å²) < 4.78 is 20.4. The van der Waals surface area contributed by atoms with E-state index in [4.69, 9.17) is 24.1 Å². The van der Waals surface area contributed by atoms with Crippen LogP contribution in [0.15, 0.2) is 42.5 Å². The molecule has 190 valence electrons. The van der Waals surface area contributed by atoms with Crippen molar-refractivity contribution in [3.8, 4) is 0 Å². The number of carbonyl (C=O) groups excluding carboxylic acids is 5. The molecule has 1 saturated heterocycles. The normalized spacial score (nSPS) is 17.2. The second-order valence-corrected chi connectivity index (χ2v) is 7.54. The average molecular weight is 491 g/mol. The summed E-state index contributed by atoms with van der Waals surface area (Å²) in [4.78, 5) is 63.0. The van der Waals surface area contributed by atoms with Crippen molar-refractivity contribution in [2.45, 2.75) is 38.0 Å². The van der Waals surface area contributed by atoms with Gasteiger partial charge >= 0.3 is 12.1 Å². The highest BCUT2D eigenvalue weighted by Crippen LogP contribution is 2.29. The number of benzene rings is 1. The minimum Gasteiger partial charge on any atom is -0.451 e. The molecule has 11 heteroatoms. The van der Waals surface area contributed by atoms with Crippen molar-refractivity contribution in [1.82, 2.24) is 4.90 Å². The maximum Gasteiger partial charge on any atom is 0.417 e. The second kappa shape index (κ2) is 14.1. The first kappa shape index (κ1) is 27.8. The predicted molar refractivity (Wildman–Crippen MR) is 120 cm³/mol. The molecule has 0 radical (unpaired) electrons. The summed E-state index contributed by atoms with van der Waals surface area (Å²) in [5, 5.41) is 8.66. The Bertz CT molecular complexity index is 929. The van der Waals surface area contributed by atoms with E-state index in [1.807, 2.05) is 0 Å². The third kappa shape index (κ3) is 8.09. The molecule has 1 aromatic carbocycles. The van der Waals surface area contributed by atoms with Crippen LogP contribution in [0.5, 0.6) is 0 Å². The molecule has 1 aliphatic heterocycles. The van der Waals surface area contributed by atoms with E-state index < -0.39 is 42.0 Å². The van der Waals surface area contributed by atoms with E-state index in [-0.39, 0.29) is 38.6 Å². The average Bonchev–Trinajstić information content (AvgIpc) is 3.23. The number of aliphatic hydroxyl groups excluding tert-OH is 1. The molecule has 0 spiro atoms. The van der Waals surface area contributed by atoms with Gasteiger partial charge < -0.3 is 24.1 Å². The van der Waals surface area contributed by atoms with Crippen molar-refractivity contribution in [3.05, 3.63) is 48.0 Å². The van der Waals surface area contributed by atoms with Gasteiger partial charge in [-0.05, 0) is 24.1 Å². The molecule has 2 amide bonds. The number of ether oxygens (including phenoxy) is 4. The predicted octanol–water partition coefficient (Wildman–Crippen LogP) is 1.14. The van der Waals surface area contributed by atoms with Crippen LogP contribution >= 0.6 is 0 Å². The Hall–Kier alpha value is -3.41. The number of aliphatic hydroxyl groups is 1. The van der Waals surface area contributed by atoms with Crippen LogP contribution in [0, 0.1) is 0 Å². The number of allylic oxidation sites excluding steroid dienone is 1.